The third-order valence-corrected chi connectivity index (χ3v) is 6.73. The molecule has 1 aliphatic heterocycles. The first-order chi connectivity index (χ1) is 18.7. The van der Waals surface area contributed by atoms with Crippen LogP contribution in [0.5, 0.6) is 17.2 Å². The molecule has 39 heavy (non-hydrogen) atoms. The molecule has 2 aromatic heterocycles. The van der Waals surface area contributed by atoms with Gasteiger partial charge in [-0.15, -0.1) is 0 Å². The number of hydrogen-bond donors (Lipinski definition) is 2. The van der Waals surface area contributed by atoms with Gasteiger partial charge in [0.15, 0.2) is 16.6 Å². The van der Waals surface area contributed by atoms with Gasteiger partial charge in [-0.2, -0.15) is 4.98 Å². The first kappa shape index (κ1) is 27.6. The monoisotopic (exact) mass is 556 g/mol. The van der Waals surface area contributed by atoms with Gasteiger partial charge in [0.2, 0.25) is 17.1 Å². The fraction of sp³-hybridized carbons (Fsp3) is 0.360. The van der Waals surface area contributed by atoms with E-state index >= 15 is 0 Å². The Balaban J connectivity index is 1.45. The van der Waals surface area contributed by atoms with E-state index in [1.165, 1.54) is 33.7 Å². The summed E-state index contributed by atoms with van der Waals surface area (Å²) in [5.74, 6) is -0.215. The van der Waals surface area contributed by atoms with Crippen molar-refractivity contribution in [1.82, 2.24) is 24.8 Å². The van der Waals surface area contributed by atoms with Crippen molar-refractivity contribution in [2.24, 2.45) is 0 Å². The van der Waals surface area contributed by atoms with Crippen LogP contribution in [0.3, 0.4) is 0 Å². The number of carbonyl (C=O) groups is 2. The van der Waals surface area contributed by atoms with Crippen molar-refractivity contribution in [2.45, 2.75) is 13.5 Å². The highest BCUT2D eigenvalue weighted by atomic mass is 32.1. The Kier molecular flexibility index (Phi) is 8.14. The lowest BCUT2D eigenvalue weighted by molar-refractivity contribution is 0.0694. The van der Waals surface area contributed by atoms with Crippen LogP contribution in [-0.4, -0.2) is 89.0 Å². The van der Waals surface area contributed by atoms with Gasteiger partial charge >= 0.3 is 5.97 Å². The van der Waals surface area contributed by atoms with Crippen molar-refractivity contribution in [3.05, 3.63) is 45.9 Å². The Morgan fingerprint density at radius 1 is 1.08 bits per heavy atom. The van der Waals surface area contributed by atoms with E-state index in [1.54, 1.807) is 16.7 Å². The van der Waals surface area contributed by atoms with Crippen LogP contribution in [-0.2, 0) is 6.54 Å². The molecule has 0 atom stereocenters. The number of anilines is 1. The van der Waals surface area contributed by atoms with Crippen molar-refractivity contribution < 1.29 is 28.9 Å². The van der Waals surface area contributed by atoms with E-state index in [1.807, 2.05) is 16.7 Å². The molecule has 1 amide bonds. The van der Waals surface area contributed by atoms with Gasteiger partial charge < -0.3 is 33.7 Å². The molecule has 0 radical (unpaired) electrons. The van der Waals surface area contributed by atoms with Gasteiger partial charge in [-0.1, -0.05) is 0 Å². The number of carboxylic acid groups (broad SMARTS) is 1. The molecular formula is C25H28N6O7S. The van der Waals surface area contributed by atoms with E-state index < -0.39 is 17.3 Å². The number of hydrogen-bond acceptors (Lipinski definition) is 10. The predicted octanol–water partition coefficient (Wildman–Crippen LogP) is 1.37. The molecule has 206 valence electrons. The number of rotatable bonds is 7. The van der Waals surface area contributed by atoms with Crippen molar-refractivity contribution in [3.63, 3.8) is 0 Å². The van der Waals surface area contributed by atoms with Crippen molar-refractivity contribution in [3.8, 4) is 17.2 Å². The molecule has 1 aliphatic rings. The summed E-state index contributed by atoms with van der Waals surface area (Å²) in [6.45, 7) is 4.28. The Labute approximate surface area is 228 Å². The summed E-state index contributed by atoms with van der Waals surface area (Å²) in [5, 5.41) is 12.5. The second-order valence-electron chi connectivity index (χ2n) is 8.52. The summed E-state index contributed by atoms with van der Waals surface area (Å²) in [6.07, 6.45) is 2.67. The van der Waals surface area contributed by atoms with Crippen molar-refractivity contribution in [1.29, 1.82) is 0 Å². The van der Waals surface area contributed by atoms with E-state index in [-0.39, 0.29) is 16.1 Å². The molecule has 4 rings (SSSR count). The van der Waals surface area contributed by atoms with E-state index in [2.05, 4.69) is 15.3 Å². The largest absolute Gasteiger partial charge is 0.493 e. The third-order valence-electron chi connectivity index (χ3n) is 6.37. The average molecular weight is 557 g/mol. The number of aromatic nitrogens is 3. The molecule has 0 bridgehead atoms. The first-order valence-electron chi connectivity index (χ1n) is 12.0. The second-order valence-corrected chi connectivity index (χ2v) is 8.90. The lowest BCUT2D eigenvalue weighted by Gasteiger charge is -2.36. The second kappa shape index (κ2) is 11.5. The summed E-state index contributed by atoms with van der Waals surface area (Å²) < 4.78 is 17.6. The maximum Gasteiger partial charge on any atom is 0.341 e. The maximum atomic E-state index is 12.9. The highest BCUT2D eigenvalue weighted by Gasteiger charge is 2.24. The van der Waals surface area contributed by atoms with Gasteiger partial charge in [0.25, 0.3) is 5.91 Å². The molecule has 0 saturated carbocycles. The SMILES string of the molecule is CCn1cc(C(=O)O)c(=O)c2cnc(N3CCN(C(=S)NC(=O)c4cc(OC)c(OC)c(OC)c4)CC3)nc21. The summed E-state index contributed by atoms with van der Waals surface area (Å²) in [7, 11) is 4.42. The normalized spacial score (nSPS) is 13.2. The van der Waals surface area contributed by atoms with Crippen LogP contribution in [0.2, 0.25) is 0 Å². The summed E-state index contributed by atoms with van der Waals surface area (Å²) >= 11 is 5.49. The number of nitrogens with one attached hydrogen (secondary N) is 1. The topological polar surface area (TPSA) is 148 Å². The number of aryl methyl sites for hydroxylation is 1. The number of benzene rings is 1. The zero-order valence-electron chi connectivity index (χ0n) is 21.9. The summed E-state index contributed by atoms with van der Waals surface area (Å²) in [4.78, 5) is 49.6. The maximum absolute atomic E-state index is 12.9. The van der Waals surface area contributed by atoms with E-state index in [4.69, 9.17) is 26.4 Å². The Bertz CT molecular complexity index is 1480. The van der Waals surface area contributed by atoms with E-state index in [0.29, 0.717) is 67.1 Å². The minimum absolute atomic E-state index is 0.148. The van der Waals surface area contributed by atoms with Gasteiger partial charge in [0.05, 0.1) is 26.7 Å². The molecule has 0 spiro atoms. The molecule has 3 heterocycles. The number of thiocarbonyl (C=S) groups is 1. The molecule has 3 aromatic rings. The molecule has 1 fully saturated rings. The minimum atomic E-state index is -1.29. The molecule has 1 saturated heterocycles. The predicted molar refractivity (Wildman–Crippen MR) is 146 cm³/mol. The summed E-state index contributed by atoms with van der Waals surface area (Å²) in [6, 6.07) is 3.09. The first-order valence-corrected chi connectivity index (χ1v) is 12.4. The third kappa shape index (κ3) is 5.41. The Morgan fingerprint density at radius 3 is 2.26 bits per heavy atom. The summed E-state index contributed by atoms with van der Waals surface area (Å²) in [5.41, 5.74) is -0.278. The highest BCUT2D eigenvalue weighted by Crippen LogP contribution is 2.38. The number of methoxy groups -OCH3 is 3. The number of nitrogens with zero attached hydrogens (tertiary/aromatic N) is 5. The highest BCUT2D eigenvalue weighted by molar-refractivity contribution is 7.80. The molecule has 2 N–H and O–H groups in total. The quantitative estimate of drug-likeness (QED) is 0.405. The van der Waals surface area contributed by atoms with Crippen LogP contribution in [0.4, 0.5) is 5.95 Å². The molecule has 13 nitrogen and oxygen atoms in total. The minimum Gasteiger partial charge on any atom is -0.493 e. The number of ether oxygens (including phenoxy) is 3. The molecule has 14 heteroatoms. The smallest absolute Gasteiger partial charge is 0.341 e. The van der Waals surface area contributed by atoms with Gasteiger partial charge in [-0.3, -0.25) is 14.9 Å². The average Bonchev–Trinajstić information content (AvgIpc) is 2.96. The molecule has 0 aliphatic carbocycles. The van der Waals surface area contributed by atoms with Crippen molar-refractivity contribution >= 4 is 46.2 Å². The number of fused-ring (bicyclic) bond motifs is 1. The number of piperazine rings is 1. The van der Waals surface area contributed by atoms with Crippen molar-refractivity contribution in [2.75, 3.05) is 52.4 Å². The van der Waals surface area contributed by atoms with Gasteiger partial charge in [-0.05, 0) is 31.3 Å². The van der Waals surface area contributed by atoms with Crippen LogP contribution in [0, 0.1) is 0 Å². The Morgan fingerprint density at radius 2 is 1.72 bits per heavy atom. The van der Waals surface area contributed by atoms with Gasteiger partial charge in [0.1, 0.15) is 11.2 Å². The number of aromatic carboxylic acids is 1. The molecule has 0 unspecified atom stereocenters. The zero-order valence-corrected chi connectivity index (χ0v) is 22.7. The van der Waals surface area contributed by atoms with E-state index in [0.717, 1.165) is 0 Å². The van der Waals surface area contributed by atoms with Crippen LogP contribution < -0.4 is 29.9 Å². The number of carboxylic acids is 1. The fourth-order valence-corrected chi connectivity index (χ4v) is 4.55. The lowest BCUT2D eigenvalue weighted by atomic mass is 10.1. The van der Waals surface area contributed by atoms with Crippen LogP contribution in [0.25, 0.3) is 11.0 Å². The van der Waals surface area contributed by atoms with Crippen LogP contribution in [0.1, 0.15) is 27.6 Å². The van der Waals surface area contributed by atoms with Crippen LogP contribution in [0.15, 0.2) is 29.3 Å². The Hall–Kier alpha value is -4.46. The van der Waals surface area contributed by atoms with Gasteiger partial charge in [-0.25, -0.2) is 9.78 Å². The number of amides is 1. The standard InChI is InChI=1S/C25H28N6O7S/c1-5-29-13-16(23(34)35)19(32)15-12-26-24(27-21(15)29)30-6-8-31(9-7-30)25(39)28-22(33)14-10-17(36-2)20(38-4)18(11-14)37-3/h10-13H,5-9H2,1-4H3,(H,34,35)(H,28,33,39). The molecular weight excluding hydrogens is 528 g/mol. The molecule has 1 aromatic carbocycles. The number of carbonyl (C=O) groups excluding carboxylic acids is 1. The fourth-order valence-electron chi connectivity index (χ4n) is 4.28. The zero-order chi connectivity index (χ0) is 28.3. The van der Waals surface area contributed by atoms with Crippen LogP contribution >= 0.6 is 12.2 Å². The number of pyridine rings is 1. The van der Waals surface area contributed by atoms with E-state index in [9.17, 15) is 19.5 Å². The van der Waals surface area contributed by atoms with Gasteiger partial charge in [0, 0.05) is 50.7 Å². The lowest BCUT2D eigenvalue weighted by Crippen LogP contribution is -2.53.